The van der Waals surface area contributed by atoms with Crippen LogP contribution in [-0.2, 0) is 7.05 Å². The van der Waals surface area contributed by atoms with Crippen molar-refractivity contribution in [1.82, 2.24) is 15.0 Å². The van der Waals surface area contributed by atoms with Crippen LogP contribution in [0.5, 0.6) is 0 Å². The average Bonchev–Trinajstić information content (AvgIpc) is 2.12. The second kappa shape index (κ2) is 4.04. The third kappa shape index (κ3) is 2.62. The van der Waals surface area contributed by atoms with Crippen LogP contribution < -0.4 is 0 Å². The minimum absolute atomic E-state index is 1.50. The van der Waals surface area contributed by atoms with Gasteiger partial charge in [-0.1, -0.05) is 30.9 Å². The summed E-state index contributed by atoms with van der Waals surface area (Å²) < 4.78 is 1.64. The lowest BCUT2D eigenvalue weighted by Crippen LogP contribution is -1.85. The van der Waals surface area contributed by atoms with Gasteiger partial charge in [-0.3, -0.25) is 4.68 Å². The van der Waals surface area contributed by atoms with E-state index in [1.54, 1.807) is 17.1 Å². The highest BCUT2D eigenvalue weighted by Gasteiger charge is 1.95. The van der Waals surface area contributed by atoms with E-state index in [2.05, 4.69) is 10.3 Å². The normalized spacial score (nSPS) is 14.9. The Bertz CT molecular complexity index is 149. The topological polar surface area (TPSA) is 30.7 Å². The maximum atomic E-state index is 3.58. The molecule has 3 heteroatoms. The summed E-state index contributed by atoms with van der Waals surface area (Å²) in [7, 11) is 1.83. The van der Waals surface area contributed by atoms with E-state index in [1.807, 2.05) is 7.05 Å². The molecule has 0 unspecified atom stereocenters. The van der Waals surface area contributed by atoms with Gasteiger partial charge in [0, 0.05) is 13.2 Å². The van der Waals surface area contributed by atoms with Gasteiger partial charge in [-0.05, 0) is 0 Å². The Kier molecular flexibility index (Phi) is 2.93. The maximum absolute atomic E-state index is 3.58. The Morgan fingerprint density at radius 2 is 1.80 bits per heavy atom. The van der Waals surface area contributed by atoms with Gasteiger partial charge in [-0.25, -0.2) is 0 Å². The zero-order valence-corrected chi connectivity index (χ0v) is 6.32. The van der Waals surface area contributed by atoms with E-state index >= 15 is 0 Å². The van der Waals surface area contributed by atoms with Crippen molar-refractivity contribution in [3.8, 4) is 0 Å². The number of aryl methyl sites for hydroxylation is 1. The second-order valence-corrected chi connectivity index (χ2v) is 2.49. The van der Waals surface area contributed by atoms with Gasteiger partial charge in [-0.15, -0.1) is 5.10 Å². The number of hydrogen-bond donors (Lipinski definition) is 0. The van der Waals surface area contributed by atoms with Crippen molar-refractivity contribution in [1.29, 1.82) is 0 Å². The lowest BCUT2D eigenvalue weighted by molar-refractivity contribution is 0.504. The smallest absolute Gasteiger partial charge is 0.0692 e. The molecule has 1 aliphatic carbocycles. The fourth-order valence-corrected chi connectivity index (χ4v) is 0.517. The van der Waals surface area contributed by atoms with Gasteiger partial charge >= 0.3 is 0 Å². The first-order valence-corrected chi connectivity index (χ1v) is 3.70. The maximum Gasteiger partial charge on any atom is 0.0692 e. The molecule has 10 heavy (non-hydrogen) atoms. The SMILES string of the molecule is C1CCC1.Cn1ccnn1. The van der Waals surface area contributed by atoms with Crippen molar-refractivity contribution < 1.29 is 0 Å². The average molecular weight is 139 g/mol. The minimum Gasteiger partial charge on any atom is -0.256 e. The van der Waals surface area contributed by atoms with Gasteiger partial charge < -0.3 is 0 Å². The lowest BCUT2D eigenvalue weighted by Gasteiger charge is -2.05. The molecule has 0 spiro atoms. The fraction of sp³-hybridized carbons (Fsp3) is 0.714. The summed E-state index contributed by atoms with van der Waals surface area (Å²) in [5, 5.41) is 7.12. The Balaban J connectivity index is 0.000000108. The molecule has 1 saturated carbocycles. The molecule has 0 bridgehead atoms. The summed E-state index contributed by atoms with van der Waals surface area (Å²) in [5.74, 6) is 0. The predicted molar refractivity (Wildman–Crippen MR) is 39.5 cm³/mol. The van der Waals surface area contributed by atoms with Crippen LogP contribution in [0.1, 0.15) is 25.7 Å². The summed E-state index contributed by atoms with van der Waals surface area (Å²) in [4.78, 5) is 0. The molecule has 0 amide bonds. The van der Waals surface area contributed by atoms with Crippen LogP contribution in [0.2, 0.25) is 0 Å². The van der Waals surface area contributed by atoms with E-state index in [9.17, 15) is 0 Å². The molecule has 0 saturated heterocycles. The Hall–Kier alpha value is -0.860. The van der Waals surface area contributed by atoms with Crippen molar-refractivity contribution in [2.45, 2.75) is 25.7 Å². The van der Waals surface area contributed by atoms with E-state index in [0.717, 1.165) is 0 Å². The van der Waals surface area contributed by atoms with Crippen molar-refractivity contribution >= 4 is 0 Å². The van der Waals surface area contributed by atoms with Crippen LogP contribution in [0, 0.1) is 0 Å². The highest BCUT2D eigenvalue weighted by Crippen LogP contribution is 2.15. The van der Waals surface area contributed by atoms with Gasteiger partial charge in [-0.2, -0.15) is 0 Å². The van der Waals surface area contributed by atoms with Crippen molar-refractivity contribution in [3.05, 3.63) is 12.4 Å². The van der Waals surface area contributed by atoms with E-state index in [4.69, 9.17) is 0 Å². The van der Waals surface area contributed by atoms with Gasteiger partial charge in [0.05, 0.1) is 6.20 Å². The van der Waals surface area contributed by atoms with Crippen LogP contribution in [0.3, 0.4) is 0 Å². The summed E-state index contributed by atoms with van der Waals surface area (Å²) in [6.45, 7) is 0. The number of aromatic nitrogens is 3. The van der Waals surface area contributed by atoms with Crippen molar-refractivity contribution in [3.63, 3.8) is 0 Å². The molecule has 0 N–H and O–H groups in total. The van der Waals surface area contributed by atoms with Crippen LogP contribution >= 0.6 is 0 Å². The van der Waals surface area contributed by atoms with Crippen molar-refractivity contribution in [2.24, 2.45) is 7.05 Å². The molecule has 1 heterocycles. The molecule has 0 aromatic carbocycles. The third-order valence-electron chi connectivity index (χ3n) is 1.54. The van der Waals surface area contributed by atoms with Crippen molar-refractivity contribution in [2.75, 3.05) is 0 Å². The van der Waals surface area contributed by atoms with Gasteiger partial charge in [0.1, 0.15) is 0 Å². The molecule has 0 atom stereocenters. The summed E-state index contributed by atoms with van der Waals surface area (Å²) in [6, 6.07) is 0. The zero-order valence-electron chi connectivity index (χ0n) is 6.32. The molecular formula is C7H13N3. The Labute approximate surface area is 61.1 Å². The molecular weight excluding hydrogens is 126 g/mol. The molecule has 0 radical (unpaired) electrons. The van der Waals surface area contributed by atoms with Crippen LogP contribution in [-0.4, -0.2) is 15.0 Å². The summed E-state index contributed by atoms with van der Waals surface area (Å²) >= 11 is 0. The molecule has 3 nitrogen and oxygen atoms in total. The predicted octanol–water partition coefficient (Wildman–Crippen LogP) is 1.38. The largest absolute Gasteiger partial charge is 0.256 e. The standard InChI is InChI=1S/C4H8.C3H5N3/c1-2-4-3-1;1-6-3-2-4-5-6/h1-4H2;2-3H,1H3. The molecule has 1 aromatic rings. The van der Waals surface area contributed by atoms with Gasteiger partial charge in [0.25, 0.3) is 0 Å². The Morgan fingerprint density at radius 3 is 1.90 bits per heavy atom. The van der Waals surface area contributed by atoms with E-state index in [1.165, 1.54) is 25.7 Å². The quantitative estimate of drug-likeness (QED) is 0.543. The molecule has 0 aliphatic heterocycles. The Morgan fingerprint density at radius 1 is 1.20 bits per heavy atom. The number of rotatable bonds is 0. The van der Waals surface area contributed by atoms with E-state index in [-0.39, 0.29) is 0 Å². The zero-order chi connectivity index (χ0) is 7.23. The molecule has 2 rings (SSSR count). The first kappa shape index (κ1) is 7.25. The van der Waals surface area contributed by atoms with Crippen LogP contribution in [0.25, 0.3) is 0 Å². The van der Waals surface area contributed by atoms with Crippen LogP contribution in [0.15, 0.2) is 12.4 Å². The lowest BCUT2D eigenvalue weighted by atomic mass is 10.0. The number of hydrogen-bond acceptors (Lipinski definition) is 2. The summed E-state index contributed by atoms with van der Waals surface area (Å²) in [5.41, 5.74) is 0. The highest BCUT2D eigenvalue weighted by molar-refractivity contribution is 4.59. The molecule has 1 aromatic heterocycles. The number of nitrogens with zero attached hydrogens (tertiary/aromatic N) is 3. The van der Waals surface area contributed by atoms with E-state index < -0.39 is 0 Å². The minimum atomic E-state index is 1.50. The summed E-state index contributed by atoms with van der Waals surface area (Å²) in [6.07, 6.45) is 9.42. The molecule has 1 aliphatic rings. The van der Waals surface area contributed by atoms with Gasteiger partial charge in [0.2, 0.25) is 0 Å². The fourth-order valence-electron chi connectivity index (χ4n) is 0.517. The monoisotopic (exact) mass is 139 g/mol. The second-order valence-electron chi connectivity index (χ2n) is 2.49. The first-order chi connectivity index (χ1) is 4.89. The van der Waals surface area contributed by atoms with E-state index in [0.29, 0.717) is 0 Å². The molecule has 56 valence electrons. The third-order valence-corrected chi connectivity index (χ3v) is 1.54. The highest BCUT2D eigenvalue weighted by atomic mass is 15.4. The van der Waals surface area contributed by atoms with Gasteiger partial charge in [0.15, 0.2) is 0 Å². The molecule has 1 fully saturated rings. The first-order valence-electron chi connectivity index (χ1n) is 3.70. The van der Waals surface area contributed by atoms with Crippen LogP contribution in [0.4, 0.5) is 0 Å².